The summed E-state index contributed by atoms with van der Waals surface area (Å²) in [5, 5.41) is 25.8. The molecule has 0 fully saturated rings. The molecule has 9 nitrogen and oxygen atoms in total. The Morgan fingerprint density at radius 3 is 2.22 bits per heavy atom. The van der Waals surface area contributed by atoms with E-state index in [1.807, 2.05) is 0 Å². The van der Waals surface area contributed by atoms with Crippen LogP contribution in [0.3, 0.4) is 0 Å². The summed E-state index contributed by atoms with van der Waals surface area (Å²) in [6.07, 6.45) is -5.02. The topological polar surface area (TPSA) is 131 Å². The van der Waals surface area contributed by atoms with Crippen molar-refractivity contribution >= 4 is 28.9 Å². The zero-order valence-corrected chi connectivity index (χ0v) is 17.3. The second-order valence-corrected chi connectivity index (χ2v) is 6.71. The Hall–Kier alpha value is -3.67. The molecule has 12 heteroatoms. The lowest BCUT2D eigenvalue weighted by Crippen LogP contribution is -2.45. The van der Waals surface area contributed by atoms with Crippen LogP contribution in [0.2, 0.25) is 0 Å². The third-order valence-electron chi connectivity index (χ3n) is 3.94. The molecule has 3 N–H and O–H groups in total. The maximum atomic E-state index is 13.1. The van der Waals surface area contributed by atoms with Crippen molar-refractivity contribution in [3.8, 4) is 5.75 Å². The minimum atomic E-state index is -5.02. The summed E-state index contributed by atoms with van der Waals surface area (Å²) >= 11 is 0. The quantitative estimate of drug-likeness (QED) is 0.424. The molecule has 0 bridgehead atoms. The Morgan fingerprint density at radius 2 is 1.72 bits per heavy atom. The van der Waals surface area contributed by atoms with Crippen LogP contribution in [-0.4, -0.2) is 34.1 Å². The van der Waals surface area contributed by atoms with Crippen molar-refractivity contribution in [3.63, 3.8) is 0 Å². The minimum absolute atomic E-state index is 0.261. The average molecular weight is 459 g/mol. The number of halogens is 3. The second-order valence-electron chi connectivity index (χ2n) is 6.71. The van der Waals surface area contributed by atoms with Crippen LogP contribution in [0.5, 0.6) is 5.75 Å². The van der Waals surface area contributed by atoms with Gasteiger partial charge in [-0.15, -0.1) is 0 Å². The van der Waals surface area contributed by atoms with Crippen molar-refractivity contribution in [1.82, 2.24) is 0 Å². The number of nitro benzene ring substituents is 1. The van der Waals surface area contributed by atoms with Gasteiger partial charge in [0.25, 0.3) is 11.6 Å². The van der Waals surface area contributed by atoms with Gasteiger partial charge in [-0.05, 0) is 43.3 Å². The number of hydrogen-bond acceptors (Lipinski definition) is 6. The summed E-state index contributed by atoms with van der Waals surface area (Å²) in [6, 6.07) is 7.95. The molecule has 0 unspecified atom stereocenters. The largest absolute Gasteiger partial charge is 0.490 e. The molecule has 0 aromatic heterocycles. The first-order valence-electron chi connectivity index (χ1n) is 9.69. The lowest BCUT2D eigenvalue weighted by atomic mass is 10.1. The van der Waals surface area contributed by atoms with E-state index in [0.29, 0.717) is 17.8 Å². The van der Waals surface area contributed by atoms with Crippen LogP contribution in [0, 0.1) is 10.1 Å². The maximum absolute atomic E-state index is 13.1. The SMILES string of the molecule is CC(=O)Nc1ccc(OC[C@](C)(O)C(=O)Nc2ccc([N+](=O)[O-])c(C(F)(F)F)c2)cc1.[3H]C. The van der Waals surface area contributed by atoms with Gasteiger partial charge < -0.3 is 20.5 Å². The Morgan fingerprint density at radius 1 is 1.16 bits per heavy atom. The fourth-order valence-electron chi connectivity index (χ4n) is 2.39. The highest BCUT2D eigenvalue weighted by atomic mass is 19.4. The Labute approximate surface area is 182 Å². The second kappa shape index (κ2) is 10.1. The third-order valence-corrected chi connectivity index (χ3v) is 3.94. The predicted molar refractivity (Wildman–Crippen MR) is 110 cm³/mol. The van der Waals surface area contributed by atoms with Gasteiger partial charge in [-0.1, -0.05) is 7.40 Å². The van der Waals surface area contributed by atoms with Crippen molar-refractivity contribution in [2.24, 2.45) is 0 Å². The number of hydrogen-bond donors (Lipinski definition) is 3. The van der Waals surface area contributed by atoms with Gasteiger partial charge in [0.2, 0.25) is 5.91 Å². The Bertz CT molecular complexity index is 998. The van der Waals surface area contributed by atoms with Crippen molar-refractivity contribution in [2.45, 2.75) is 33.0 Å². The molecule has 0 radical (unpaired) electrons. The molecule has 2 amide bonds. The molecule has 174 valence electrons. The van der Waals surface area contributed by atoms with Gasteiger partial charge in [0.15, 0.2) is 5.60 Å². The molecule has 0 heterocycles. The summed E-state index contributed by atoms with van der Waals surface area (Å²) < 4.78 is 50.2. The van der Waals surface area contributed by atoms with Gasteiger partial charge in [-0.3, -0.25) is 19.7 Å². The van der Waals surface area contributed by atoms with Crippen LogP contribution < -0.4 is 15.4 Å². The maximum Gasteiger partial charge on any atom is 0.423 e. The molecule has 2 rings (SSSR count). The van der Waals surface area contributed by atoms with E-state index in [-0.39, 0.29) is 17.3 Å². The number of benzene rings is 2. The zero-order valence-electron chi connectivity index (χ0n) is 18.3. The summed E-state index contributed by atoms with van der Waals surface area (Å²) in [5.41, 5.74) is -4.73. The van der Waals surface area contributed by atoms with Crippen molar-refractivity contribution < 1.29 is 38.9 Å². The van der Waals surface area contributed by atoms with Gasteiger partial charge in [0.05, 0.1) is 4.92 Å². The molecule has 0 saturated carbocycles. The van der Waals surface area contributed by atoms with Gasteiger partial charge in [-0.2, -0.15) is 13.2 Å². The molecule has 0 aliphatic rings. The number of carbonyl (C=O) groups is 2. The third kappa shape index (κ3) is 6.94. The molecule has 0 aliphatic carbocycles. The van der Waals surface area contributed by atoms with Crippen LogP contribution in [-0.2, 0) is 15.8 Å². The van der Waals surface area contributed by atoms with Crippen LogP contribution in [0.4, 0.5) is 30.2 Å². The molecule has 2 aromatic rings. The number of rotatable bonds is 7. The van der Waals surface area contributed by atoms with Crippen molar-refractivity contribution in [2.75, 3.05) is 17.2 Å². The molecular formula is C20H22F3N3O6. The average Bonchev–Trinajstić information content (AvgIpc) is 2.73. The fraction of sp³-hybridized carbons (Fsp3) is 0.300. The Balaban J connectivity index is 0.00000265. The summed E-state index contributed by atoms with van der Waals surface area (Å²) in [6.45, 7) is 1.88. The fourth-order valence-corrected chi connectivity index (χ4v) is 2.39. The van der Waals surface area contributed by atoms with Crippen molar-refractivity contribution in [3.05, 3.63) is 58.1 Å². The monoisotopic (exact) mass is 459 g/mol. The van der Waals surface area contributed by atoms with Gasteiger partial charge in [0, 0.05) is 25.7 Å². The number of nitrogens with one attached hydrogen (secondary N) is 2. The highest BCUT2D eigenvalue weighted by molar-refractivity contribution is 5.97. The highest BCUT2D eigenvalue weighted by Crippen LogP contribution is 2.37. The minimum Gasteiger partial charge on any atom is -0.490 e. The number of nitrogens with zero attached hydrogens (tertiary/aromatic N) is 1. The number of ether oxygens (including phenoxy) is 1. The number of carbonyl (C=O) groups excluding carboxylic acids is 2. The summed E-state index contributed by atoms with van der Waals surface area (Å²) in [4.78, 5) is 32.9. The van der Waals surface area contributed by atoms with E-state index in [1.165, 1.54) is 38.6 Å². The molecule has 2 aromatic carbocycles. The molecule has 0 saturated heterocycles. The normalized spacial score (nSPS) is 12.9. The summed E-state index contributed by atoms with van der Waals surface area (Å²) in [5.74, 6) is -1.09. The number of amides is 2. The lowest BCUT2D eigenvalue weighted by molar-refractivity contribution is -0.388. The number of nitro groups is 1. The highest BCUT2D eigenvalue weighted by Gasteiger charge is 2.39. The van der Waals surface area contributed by atoms with E-state index in [4.69, 9.17) is 6.11 Å². The van der Waals surface area contributed by atoms with Crippen LogP contribution in [0.1, 0.15) is 28.2 Å². The summed E-state index contributed by atoms with van der Waals surface area (Å²) in [7, 11) is 1.25. The predicted octanol–water partition coefficient (Wildman–Crippen LogP) is 3.98. The molecule has 32 heavy (non-hydrogen) atoms. The Kier molecular flexibility index (Phi) is 7.76. The first kappa shape index (κ1) is 24.6. The van der Waals surface area contributed by atoms with E-state index in [2.05, 4.69) is 10.6 Å². The van der Waals surface area contributed by atoms with E-state index < -0.39 is 40.5 Å². The van der Waals surface area contributed by atoms with Crippen LogP contribution >= 0.6 is 0 Å². The first-order valence-corrected chi connectivity index (χ1v) is 8.69. The zero-order chi connectivity index (χ0) is 25.4. The number of alkyl halides is 3. The standard InChI is InChI=1S/C19H18F3N3O6.CH4/c1-11(26)23-12-3-6-14(7-4-12)31-10-18(2,28)17(27)24-13-5-8-16(25(29)30)15(9-13)19(20,21)22;/h3-9,28H,10H2,1-2H3,(H,23,26)(H,24,27);1H4/t18-;/m0./s1/i;1T. The van der Waals surface area contributed by atoms with Gasteiger partial charge >= 0.3 is 6.18 Å². The smallest absolute Gasteiger partial charge is 0.423 e. The van der Waals surface area contributed by atoms with E-state index in [9.17, 15) is 38.0 Å². The molecule has 1 atom stereocenters. The molecule has 0 aliphatic heterocycles. The molecular weight excluding hydrogens is 435 g/mol. The molecule has 0 spiro atoms. The van der Waals surface area contributed by atoms with Gasteiger partial charge in [-0.25, -0.2) is 0 Å². The van der Waals surface area contributed by atoms with Crippen molar-refractivity contribution in [1.29, 1.82) is 0 Å². The number of aliphatic hydroxyl groups is 1. The first-order chi connectivity index (χ1) is 15.3. The van der Waals surface area contributed by atoms with E-state index in [0.717, 1.165) is 13.0 Å². The van der Waals surface area contributed by atoms with Crippen LogP contribution in [0.25, 0.3) is 0 Å². The van der Waals surface area contributed by atoms with Crippen LogP contribution in [0.15, 0.2) is 42.5 Å². The van der Waals surface area contributed by atoms with Gasteiger partial charge in [0.1, 0.15) is 17.9 Å². The van der Waals surface area contributed by atoms with E-state index >= 15 is 0 Å². The number of anilines is 2. The van der Waals surface area contributed by atoms with E-state index in [1.54, 1.807) is 0 Å². The lowest BCUT2D eigenvalue weighted by Gasteiger charge is -2.23.